The molecule has 4 nitrogen and oxygen atoms in total. The van der Waals surface area contributed by atoms with Crippen molar-refractivity contribution in [3.63, 3.8) is 0 Å². The Morgan fingerprint density at radius 2 is 2.00 bits per heavy atom. The molecule has 5 heteroatoms. The highest BCUT2D eigenvalue weighted by atomic mass is 32.2. The Morgan fingerprint density at radius 1 is 1.29 bits per heavy atom. The van der Waals surface area contributed by atoms with E-state index < -0.39 is 0 Å². The Bertz CT molecular complexity index is 837. The van der Waals surface area contributed by atoms with Gasteiger partial charge in [-0.1, -0.05) is 6.08 Å². The lowest BCUT2D eigenvalue weighted by Gasteiger charge is -2.29. The molecule has 1 aliphatic heterocycles. The molecule has 0 radical (unpaired) electrons. The number of hydrogen-bond acceptors (Lipinski definition) is 5. The first-order valence-corrected chi connectivity index (χ1v) is 10.8. The van der Waals surface area contributed by atoms with Gasteiger partial charge in [0.15, 0.2) is 11.6 Å². The van der Waals surface area contributed by atoms with Gasteiger partial charge in [-0.15, -0.1) is 18.3 Å². The van der Waals surface area contributed by atoms with Crippen molar-refractivity contribution in [1.82, 2.24) is 4.90 Å². The highest BCUT2D eigenvalue weighted by Gasteiger charge is 2.36. The fourth-order valence-electron chi connectivity index (χ4n) is 3.70. The number of nitrogens with zero attached hydrogens (tertiary/aromatic N) is 1. The number of carbonyl (C=O) groups excluding carboxylic acids is 2. The zero-order chi connectivity index (χ0) is 20.4. The third kappa shape index (κ3) is 4.26. The van der Waals surface area contributed by atoms with Crippen LogP contribution in [0.2, 0.25) is 0 Å². The topological polar surface area (TPSA) is 46.6 Å². The standard InChI is InChI=1S/C23H29NO3S/c1-6-10-27-19-9-11-28-23-14(2)12-17(15(3)20(19)23)22(26)18(13-24(4)5)21(25)16-7-8-16/h6,12-13,16,19H,1,7-11H2,2-5H3/b18-13+. The molecule has 1 atom stereocenters. The first-order valence-electron chi connectivity index (χ1n) is 9.81. The quantitative estimate of drug-likeness (QED) is 0.209. The summed E-state index contributed by atoms with van der Waals surface area (Å²) in [6, 6.07) is 1.95. The lowest BCUT2D eigenvalue weighted by Crippen LogP contribution is -2.21. The summed E-state index contributed by atoms with van der Waals surface area (Å²) in [6.07, 6.45) is 6.06. The molecule has 1 aliphatic carbocycles. The summed E-state index contributed by atoms with van der Waals surface area (Å²) in [4.78, 5) is 29.2. The summed E-state index contributed by atoms with van der Waals surface area (Å²) in [6.45, 7) is 8.25. The Kier molecular flexibility index (Phi) is 6.46. The van der Waals surface area contributed by atoms with Gasteiger partial charge in [-0.05, 0) is 55.9 Å². The second-order valence-corrected chi connectivity index (χ2v) is 8.94. The van der Waals surface area contributed by atoms with Crippen LogP contribution in [0.15, 0.2) is 35.4 Å². The minimum absolute atomic E-state index is 0.00779. The summed E-state index contributed by atoms with van der Waals surface area (Å²) in [5, 5.41) is 0. The number of thioether (sulfide) groups is 1. The average Bonchev–Trinajstić information content (AvgIpc) is 3.51. The summed E-state index contributed by atoms with van der Waals surface area (Å²) >= 11 is 1.82. The van der Waals surface area contributed by atoms with E-state index in [4.69, 9.17) is 4.74 Å². The maximum Gasteiger partial charge on any atom is 0.198 e. The zero-order valence-corrected chi connectivity index (χ0v) is 18.0. The Hall–Kier alpha value is -1.85. The van der Waals surface area contributed by atoms with Gasteiger partial charge in [0, 0.05) is 42.4 Å². The van der Waals surface area contributed by atoms with Crippen molar-refractivity contribution in [2.24, 2.45) is 5.92 Å². The van der Waals surface area contributed by atoms with Gasteiger partial charge in [0.1, 0.15) is 0 Å². The van der Waals surface area contributed by atoms with Crippen molar-refractivity contribution in [3.8, 4) is 0 Å². The molecule has 0 bridgehead atoms. The second-order valence-electron chi connectivity index (χ2n) is 7.83. The molecule has 0 N–H and O–H groups in total. The van der Waals surface area contributed by atoms with Crippen LogP contribution in [0.4, 0.5) is 0 Å². The lowest BCUT2D eigenvalue weighted by atomic mass is 9.88. The van der Waals surface area contributed by atoms with E-state index in [1.165, 1.54) is 4.90 Å². The van der Waals surface area contributed by atoms with E-state index in [9.17, 15) is 9.59 Å². The largest absolute Gasteiger partial charge is 0.383 e. The van der Waals surface area contributed by atoms with Crippen LogP contribution in [0.5, 0.6) is 0 Å². The molecule has 1 aromatic carbocycles. The van der Waals surface area contributed by atoms with Crippen LogP contribution in [0.3, 0.4) is 0 Å². The van der Waals surface area contributed by atoms with E-state index in [1.54, 1.807) is 17.2 Å². The van der Waals surface area contributed by atoms with Crippen LogP contribution in [-0.2, 0) is 9.53 Å². The Morgan fingerprint density at radius 3 is 2.61 bits per heavy atom. The number of Topliss-reactive ketones (excluding diaryl/α,β-unsaturated/α-hetero) is 2. The van der Waals surface area contributed by atoms with Crippen LogP contribution >= 0.6 is 11.8 Å². The molecule has 0 amide bonds. The second kappa shape index (κ2) is 8.66. The van der Waals surface area contributed by atoms with Crippen LogP contribution in [0.25, 0.3) is 0 Å². The molecule has 0 aromatic heterocycles. The Balaban J connectivity index is 2.06. The van der Waals surface area contributed by atoms with Crippen LogP contribution in [0, 0.1) is 19.8 Å². The van der Waals surface area contributed by atoms with Gasteiger partial charge in [-0.25, -0.2) is 0 Å². The van der Waals surface area contributed by atoms with Gasteiger partial charge in [-0.2, -0.15) is 0 Å². The fourth-order valence-corrected chi connectivity index (χ4v) is 4.96. The van der Waals surface area contributed by atoms with E-state index in [0.717, 1.165) is 41.7 Å². The summed E-state index contributed by atoms with van der Waals surface area (Å²) < 4.78 is 6.02. The molecule has 0 spiro atoms. The molecule has 28 heavy (non-hydrogen) atoms. The van der Waals surface area contributed by atoms with Crippen LogP contribution < -0.4 is 0 Å². The van der Waals surface area contributed by atoms with Gasteiger partial charge in [0.2, 0.25) is 0 Å². The van der Waals surface area contributed by atoms with Gasteiger partial charge in [-0.3, -0.25) is 9.59 Å². The smallest absolute Gasteiger partial charge is 0.198 e. The molecule has 1 heterocycles. The number of ketones is 2. The van der Waals surface area contributed by atoms with Crippen LogP contribution in [-0.4, -0.2) is 42.9 Å². The number of allylic oxidation sites excluding steroid dienone is 1. The molecule has 1 saturated carbocycles. The van der Waals surface area contributed by atoms with Gasteiger partial charge >= 0.3 is 0 Å². The SMILES string of the molecule is C=CCOC1CCSc2c(C)cc(C(=O)/C(=C/N(C)C)C(=O)C3CC3)c(C)c21. The van der Waals surface area contributed by atoms with Gasteiger partial charge in [0.05, 0.1) is 18.3 Å². The van der Waals surface area contributed by atoms with E-state index in [1.807, 2.05) is 45.8 Å². The van der Waals surface area contributed by atoms with Crippen molar-refractivity contribution in [1.29, 1.82) is 0 Å². The summed E-state index contributed by atoms with van der Waals surface area (Å²) in [7, 11) is 3.68. The predicted octanol–water partition coefficient (Wildman–Crippen LogP) is 4.65. The minimum Gasteiger partial charge on any atom is -0.383 e. The molecular weight excluding hydrogens is 370 g/mol. The summed E-state index contributed by atoms with van der Waals surface area (Å²) in [5.74, 6) is 0.802. The minimum atomic E-state index is -0.174. The normalized spacial score (nSPS) is 19.1. The zero-order valence-electron chi connectivity index (χ0n) is 17.2. The van der Waals surface area contributed by atoms with E-state index in [-0.39, 0.29) is 23.6 Å². The molecule has 150 valence electrons. The Labute approximate surface area is 172 Å². The highest BCUT2D eigenvalue weighted by Crippen LogP contribution is 2.43. The van der Waals surface area contributed by atoms with Gasteiger partial charge in [0.25, 0.3) is 0 Å². The average molecular weight is 400 g/mol. The van der Waals surface area contributed by atoms with Crippen LogP contribution in [0.1, 0.15) is 52.4 Å². The molecule has 2 aliphatic rings. The van der Waals surface area contributed by atoms with Crippen molar-refractivity contribution in [2.45, 2.75) is 44.1 Å². The third-order valence-corrected chi connectivity index (χ3v) is 6.50. The number of benzene rings is 1. The number of carbonyl (C=O) groups is 2. The molecule has 1 fully saturated rings. The molecule has 0 saturated heterocycles. The first kappa shape index (κ1) is 20.9. The van der Waals surface area contributed by atoms with E-state index >= 15 is 0 Å². The summed E-state index contributed by atoms with van der Waals surface area (Å²) in [5.41, 5.74) is 4.02. The van der Waals surface area contributed by atoms with Crippen molar-refractivity contribution < 1.29 is 14.3 Å². The molecule has 3 rings (SSSR count). The molecule has 1 aromatic rings. The number of aryl methyl sites for hydroxylation is 1. The molecule has 1 unspecified atom stereocenters. The monoisotopic (exact) mass is 399 g/mol. The fraction of sp³-hybridized carbons (Fsp3) is 0.478. The number of hydrogen-bond donors (Lipinski definition) is 0. The first-order chi connectivity index (χ1) is 13.3. The van der Waals surface area contributed by atoms with Gasteiger partial charge < -0.3 is 9.64 Å². The van der Waals surface area contributed by atoms with Crippen molar-refractivity contribution in [3.05, 3.63) is 52.7 Å². The number of rotatable bonds is 8. The number of ether oxygens (including phenoxy) is 1. The maximum absolute atomic E-state index is 13.5. The van der Waals surface area contributed by atoms with E-state index in [0.29, 0.717) is 17.7 Å². The number of fused-ring (bicyclic) bond motifs is 1. The third-order valence-electron chi connectivity index (χ3n) is 5.23. The van der Waals surface area contributed by atoms with E-state index in [2.05, 4.69) is 6.58 Å². The van der Waals surface area contributed by atoms with Crippen molar-refractivity contribution >= 4 is 23.3 Å². The maximum atomic E-state index is 13.5. The predicted molar refractivity (Wildman–Crippen MR) is 114 cm³/mol. The highest BCUT2D eigenvalue weighted by molar-refractivity contribution is 7.99. The molecular formula is C23H29NO3S. The lowest BCUT2D eigenvalue weighted by molar-refractivity contribution is -0.116. The van der Waals surface area contributed by atoms with Crippen molar-refractivity contribution in [2.75, 3.05) is 26.5 Å².